The third-order valence-electron chi connectivity index (χ3n) is 4.60. The number of aryl methyl sites for hydroxylation is 2. The summed E-state index contributed by atoms with van der Waals surface area (Å²) in [6.45, 7) is 9.48. The van der Waals surface area contributed by atoms with Crippen LogP contribution < -0.4 is 5.32 Å². The zero-order valence-electron chi connectivity index (χ0n) is 15.4. The largest absolute Gasteiger partial charge is 0.340 e. The molecule has 7 heteroatoms. The molecule has 1 aliphatic heterocycles. The molecule has 0 spiro atoms. The summed E-state index contributed by atoms with van der Waals surface area (Å²) in [7, 11) is 3.46. The van der Waals surface area contributed by atoms with E-state index in [1.165, 1.54) is 4.90 Å². The van der Waals surface area contributed by atoms with Crippen molar-refractivity contribution in [3.8, 4) is 0 Å². The lowest BCUT2D eigenvalue weighted by atomic mass is 9.91. The van der Waals surface area contributed by atoms with Gasteiger partial charge in [-0.05, 0) is 19.8 Å². The molecule has 1 N–H and O–H groups in total. The van der Waals surface area contributed by atoms with Gasteiger partial charge in [-0.2, -0.15) is 0 Å². The molecule has 0 unspecified atom stereocenters. The van der Waals surface area contributed by atoms with Crippen molar-refractivity contribution >= 4 is 23.3 Å². The first-order valence-corrected chi connectivity index (χ1v) is 9.19. The second kappa shape index (κ2) is 7.51. The van der Waals surface area contributed by atoms with Gasteiger partial charge in [0.25, 0.3) is 0 Å². The molecular formula is C17H28N4O2S. The first-order chi connectivity index (χ1) is 11.2. The van der Waals surface area contributed by atoms with Gasteiger partial charge in [-0.3, -0.25) is 4.79 Å². The number of hydrogen-bond donors (Lipinski definition) is 1. The Labute approximate surface area is 148 Å². The first-order valence-electron chi connectivity index (χ1n) is 8.37. The number of carbonyl (C=O) groups excluding carboxylic acids is 2. The molecule has 0 bridgehead atoms. The highest BCUT2D eigenvalue weighted by Gasteiger charge is 2.38. The van der Waals surface area contributed by atoms with E-state index in [1.807, 2.05) is 18.7 Å². The van der Waals surface area contributed by atoms with Crippen LogP contribution in [0.2, 0.25) is 0 Å². The van der Waals surface area contributed by atoms with E-state index in [0.717, 1.165) is 15.6 Å². The van der Waals surface area contributed by atoms with Crippen LogP contribution >= 0.6 is 11.3 Å². The Morgan fingerprint density at radius 1 is 1.33 bits per heavy atom. The summed E-state index contributed by atoms with van der Waals surface area (Å²) >= 11 is 1.59. The van der Waals surface area contributed by atoms with Gasteiger partial charge in [0.2, 0.25) is 5.91 Å². The highest BCUT2D eigenvalue weighted by molar-refractivity contribution is 7.11. The molecule has 1 aromatic heterocycles. The van der Waals surface area contributed by atoms with Gasteiger partial charge in [-0.1, -0.05) is 13.8 Å². The van der Waals surface area contributed by atoms with E-state index in [9.17, 15) is 9.59 Å². The summed E-state index contributed by atoms with van der Waals surface area (Å²) < 4.78 is 0. The number of hydrogen-bond acceptors (Lipinski definition) is 4. The van der Waals surface area contributed by atoms with Crippen LogP contribution in [-0.2, 0) is 11.2 Å². The van der Waals surface area contributed by atoms with Crippen molar-refractivity contribution in [2.75, 3.05) is 27.2 Å². The Morgan fingerprint density at radius 3 is 2.50 bits per heavy atom. The van der Waals surface area contributed by atoms with Gasteiger partial charge >= 0.3 is 6.03 Å². The fraction of sp³-hybridized carbons (Fsp3) is 0.706. The fourth-order valence-corrected chi connectivity index (χ4v) is 4.06. The Morgan fingerprint density at radius 2 is 2.00 bits per heavy atom. The third-order valence-corrected chi connectivity index (χ3v) is 5.67. The summed E-state index contributed by atoms with van der Waals surface area (Å²) in [5.74, 6) is 0.804. The van der Waals surface area contributed by atoms with Crippen molar-refractivity contribution in [3.63, 3.8) is 0 Å². The molecule has 2 heterocycles. The molecule has 0 saturated carbocycles. The van der Waals surface area contributed by atoms with Crippen molar-refractivity contribution in [2.45, 2.75) is 40.2 Å². The van der Waals surface area contributed by atoms with Crippen molar-refractivity contribution in [3.05, 3.63) is 15.6 Å². The smallest absolute Gasteiger partial charge is 0.317 e. The van der Waals surface area contributed by atoms with Crippen LogP contribution in [0.3, 0.4) is 0 Å². The predicted octanol–water partition coefficient (Wildman–Crippen LogP) is 2.06. The maximum Gasteiger partial charge on any atom is 0.317 e. The maximum atomic E-state index is 12.7. The lowest BCUT2D eigenvalue weighted by molar-refractivity contribution is -0.129. The topological polar surface area (TPSA) is 65.5 Å². The molecule has 6 nitrogen and oxygen atoms in total. The number of amides is 3. The highest BCUT2D eigenvalue weighted by atomic mass is 32.1. The quantitative estimate of drug-likeness (QED) is 0.902. The van der Waals surface area contributed by atoms with E-state index in [1.54, 1.807) is 25.4 Å². The van der Waals surface area contributed by atoms with E-state index in [4.69, 9.17) is 0 Å². The lowest BCUT2D eigenvalue weighted by Crippen LogP contribution is -2.46. The zero-order valence-corrected chi connectivity index (χ0v) is 16.2. The van der Waals surface area contributed by atoms with E-state index >= 15 is 0 Å². The summed E-state index contributed by atoms with van der Waals surface area (Å²) in [6, 6.07) is -0.0954. The van der Waals surface area contributed by atoms with Gasteiger partial charge in [-0.15, -0.1) is 11.3 Å². The van der Waals surface area contributed by atoms with Crippen LogP contribution in [-0.4, -0.2) is 59.9 Å². The van der Waals surface area contributed by atoms with E-state index in [0.29, 0.717) is 25.4 Å². The Hall–Kier alpha value is -1.63. The lowest BCUT2D eigenvalue weighted by Gasteiger charge is -2.24. The first kappa shape index (κ1) is 18.7. The van der Waals surface area contributed by atoms with Crippen LogP contribution in [0.4, 0.5) is 4.79 Å². The van der Waals surface area contributed by atoms with Gasteiger partial charge in [-0.25, -0.2) is 9.78 Å². The van der Waals surface area contributed by atoms with Gasteiger partial charge < -0.3 is 15.1 Å². The summed E-state index contributed by atoms with van der Waals surface area (Å²) in [5, 5.41) is 4.05. The normalized spacial score (nSPS) is 20.5. The molecule has 3 amide bonds. The second-order valence-electron chi connectivity index (χ2n) is 7.08. The molecular weight excluding hydrogens is 324 g/mol. The monoisotopic (exact) mass is 352 g/mol. The molecule has 1 aliphatic rings. The Balaban J connectivity index is 2.04. The van der Waals surface area contributed by atoms with Crippen molar-refractivity contribution in [2.24, 2.45) is 11.8 Å². The summed E-state index contributed by atoms with van der Waals surface area (Å²) in [4.78, 5) is 33.5. The van der Waals surface area contributed by atoms with Gasteiger partial charge in [0.1, 0.15) is 0 Å². The predicted molar refractivity (Wildman–Crippen MR) is 96.2 cm³/mol. The highest BCUT2D eigenvalue weighted by Crippen LogP contribution is 2.26. The number of urea groups is 1. The average Bonchev–Trinajstić information content (AvgIpc) is 3.02. The number of carbonyl (C=O) groups is 2. The van der Waals surface area contributed by atoms with Gasteiger partial charge in [0.05, 0.1) is 23.2 Å². The van der Waals surface area contributed by atoms with Crippen molar-refractivity contribution in [1.29, 1.82) is 0 Å². The van der Waals surface area contributed by atoms with Crippen LogP contribution in [0.15, 0.2) is 0 Å². The molecule has 1 saturated heterocycles. The van der Waals surface area contributed by atoms with E-state index < -0.39 is 0 Å². The number of aromatic nitrogens is 1. The van der Waals surface area contributed by atoms with Crippen LogP contribution in [0.5, 0.6) is 0 Å². The summed E-state index contributed by atoms with van der Waals surface area (Å²) in [6.07, 6.45) is 0.399. The standard InChI is InChI=1S/C17H28N4O2S/c1-10(2)13-8-21(9-14(13)19-17(23)20(5)6)16(22)7-15-11(3)18-12(4)24-15/h10,13-14H,7-9H2,1-6H3,(H,19,23)/t13-,14+/m0/s1. The van der Waals surface area contributed by atoms with Gasteiger partial charge in [0.15, 0.2) is 0 Å². The van der Waals surface area contributed by atoms with Gasteiger partial charge in [0, 0.05) is 38.0 Å². The number of nitrogens with one attached hydrogen (secondary N) is 1. The molecule has 2 atom stereocenters. The van der Waals surface area contributed by atoms with Crippen molar-refractivity contribution < 1.29 is 9.59 Å². The molecule has 1 aromatic rings. The molecule has 1 fully saturated rings. The number of thiazole rings is 1. The minimum atomic E-state index is -0.103. The third kappa shape index (κ3) is 4.26. The second-order valence-corrected chi connectivity index (χ2v) is 8.36. The zero-order chi connectivity index (χ0) is 18.0. The van der Waals surface area contributed by atoms with Crippen LogP contribution in [0.25, 0.3) is 0 Å². The maximum absolute atomic E-state index is 12.7. The van der Waals surface area contributed by atoms with Crippen LogP contribution in [0.1, 0.15) is 29.4 Å². The fourth-order valence-electron chi connectivity index (χ4n) is 3.14. The molecule has 2 rings (SSSR count). The molecule has 0 aliphatic carbocycles. The minimum Gasteiger partial charge on any atom is -0.340 e. The Bertz CT molecular complexity index is 612. The molecule has 0 aromatic carbocycles. The minimum absolute atomic E-state index is 0.00754. The van der Waals surface area contributed by atoms with E-state index in [2.05, 4.69) is 24.1 Å². The molecule has 134 valence electrons. The molecule has 0 radical (unpaired) electrons. The van der Waals surface area contributed by atoms with Crippen LogP contribution in [0, 0.1) is 25.7 Å². The summed E-state index contributed by atoms with van der Waals surface area (Å²) in [5.41, 5.74) is 0.947. The van der Waals surface area contributed by atoms with E-state index in [-0.39, 0.29) is 23.9 Å². The average molecular weight is 353 g/mol. The number of likely N-dealkylation sites (tertiary alicyclic amines) is 1. The number of nitrogens with zero attached hydrogens (tertiary/aromatic N) is 3. The molecule has 24 heavy (non-hydrogen) atoms. The van der Waals surface area contributed by atoms with Crippen molar-refractivity contribution in [1.82, 2.24) is 20.1 Å². The number of rotatable bonds is 4. The SMILES string of the molecule is Cc1nc(C)c(CC(=O)N2C[C@@H](NC(=O)N(C)C)[C@H](C(C)C)C2)s1. The Kier molecular flexibility index (Phi) is 5.85.